The topological polar surface area (TPSA) is 106 Å². The number of halogens is 1. The van der Waals surface area contributed by atoms with E-state index in [0.717, 1.165) is 0 Å². The fraction of sp³-hybridized carbons (Fsp3) is 0.111. The van der Waals surface area contributed by atoms with Crippen molar-refractivity contribution in [2.45, 2.75) is 13.5 Å². The summed E-state index contributed by atoms with van der Waals surface area (Å²) in [6.07, 6.45) is 4.47. The lowest BCUT2D eigenvalue weighted by molar-refractivity contribution is 0.102. The number of aromatic nitrogens is 3. The smallest absolute Gasteiger partial charge is 0.275 e. The maximum absolute atomic E-state index is 14.1. The number of hydrogen-bond acceptors (Lipinski definition) is 6. The molecule has 3 rings (SSSR count). The third-order valence-electron chi connectivity index (χ3n) is 3.62. The predicted molar refractivity (Wildman–Crippen MR) is 97.1 cm³/mol. The molecule has 0 atom stereocenters. The molecule has 8 heteroatoms. The van der Waals surface area contributed by atoms with Gasteiger partial charge in [0.1, 0.15) is 17.3 Å². The van der Waals surface area contributed by atoms with E-state index >= 15 is 0 Å². The van der Waals surface area contributed by atoms with Crippen LogP contribution in [0.25, 0.3) is 0 Å². The third kappa shape index (κ3) is 4.10. The number of anilines is 3. The molecule has 4 N–H and O–H groups in total. The molecular weight excluding hydrogens is 335 g/mol. The predicted octanol–water partition coefficient (Wildman–Crippen LogP) is 2.77. The lowest BCUT2D eigenvalue weighted by atomic mass is 10.1. The van der Waals surface area contributed by atoms with E-state index in [4.69, 9.17) is 5.73 Å². The average Bonchev–Trinajstić information content (AvgIpc) is 2.64. The van der Waals surface area contributed by atoms with Crippen molar-refractivity contribution in [3.63, 3.8) is 0 Å². The Labute approximate surface area is 149 Å². The van der Waals surface area contributed by atoms with E-state index in [1.165, 1.54) is 24.5 Å². The Kier molecular flexibility index (Phi) is 5.02. The Morgan fingerprint density at radius 2 is 2.04 bits per heavy atom. The van der Waals surface area contributed by atoms with Gasteiger partial charge in [0.05, 0.1) is 17.6 Å². The van der Waals surface area contributed by atoms with Crippen molar-refractivity contribution in [2.75, 3.05) is 16.4 Å². The number of rotatable bonds is 5. The number of carbonyl (C=O) groups excluding carboxylic acids is 1. The van der Waals surface area contributed by atoms with E-state index < -0.39 is 11.7 Å². The number of nitrogens with zero attached hydrogens (tertiary/aromatic N) is 3. The largest absolute Gasteiger partial charge is 0.382 e. The van der Waals surface area contributed by atoms with Crippen LogP contribution in [0.1, 0.15) is 21.7 Å². The molecule has 7 nitrogen and oxygen atoms in total. The molecule has 2 aromatic heterocycles. The van der Waals surface area contributed by atoms with Gasteiger partial charge in [-0.15, -0.1) is 0 Å². The molecule has 26 heavy (non-hydrogen) atoms. The summed E-state index contributed by atoms with van der Waals surface area (Å²) in [7, 11) is 0. The second-order valence-electron chi connectivity index (χ2n) is 5.59. The third-order valence-corrected chi connectivity index (χ3v) is 3.62. The van der Waals surface area contributed by atoms with E-state index in [1.807, 2.05) is 0 Å². The fourth-order valence-electron chi connectivity index (χ4n) is 2.25. The molecule has 0 saturated carbocycles. The SMILES string of the molecule is Cc1cnc(C(=O)Nc2ccc(F)c(CNc3cccnc3N)c2)cn1. The Hall–Kier alpha value is -3.55. The van der Waals surface area contributed by atoms with Gasteiger partial charge < -0.3 is 16.4 Å². The minimum atomic E-state index is -0.417. The highest BCUT2D eigenvalue weighted by Gasteiger charge is 2.10. The van der Waals surface area contributed by atoms with E-state index in [-0.39, 0.29) is 12.2 Å². The summed E-state index contributed by atoms with van der Waals surface area (Å²) in [5.74, 6) is -0.483. The molecule has 0 spiro atoms. The second kappa shape index (κ2) is 7.56. The zero-order valence-electron chi connectivity index (χ0n) is 14.0. The zero-order valence-corrected chi connectivity index (χ0v) is 14.0. The van der Waals surface area contributed by atoms with E-state index in [1.54, 1.807) is 31.3 Å². The summed E-state index contributed by atoms with van der Waals surface area (Å²) in [6, 6.07) is 7.81. The monoisotopic (exact) mass is 352 g/mol. The minimum Gasteiger partial charge on any atom is -0.382 e. The summed E-state index contributed by atoms with van der Waals surface area (Å²) in [5.41, 5.74) is 8.09. The van der Waals surface area contributed by atoms with Gasteiger partial charge in [-0.1, -0.05) is 0 Å². The number of benzene rings is 1. The van der Waals surface area contributed by atoms with Crippen LogP contribution in [0.3, 0.4) is 0 Å². The number of nitrogen functional groups attached to an aromatic ring is 1. The second-order valence-corrected chi connectivity index (χ2v) is 5.59. The minimum absolute atomic E-state index is 0.183. The van der Waals surface area contributed by atoms with Gasteiger partial charge >= 0.3 is 0 Å². The van der Waals surface area contributed by atoms with Crippen LogP contribution in [0.2, 0.25) is 0 Å². The lowest BCUT2D eigenvalue weighted by Gasteiger charge is -2.11. The van der Waals surface area contributed by atoms with Crippen molar-refractivity contribution in [1.82, 2.24) is 15.0 Å². The van der Waals surface area contributed by atoms with Crippen molar-refractivity contribution in [3.8, 4) is 0 Å². The van der Waals surface area contributed by atoms with Crippen molar-refractivity contribution >= 4 is 23.1 Å². The van der Waals surface area contributed by atoms with Gasteiger partial charge in [-0.2, -0.15) is 0 Å². The Morgan fingerprint density at radius 3 is 2.77 bits per heavy atom. The molecule has 0 aliphatic carbocycles. The van der Waals surface area contributed by atoms with Gasteiger partial charge in [0.2, 0.25) is 0 Å². The number of carbonyl (C=O) groups is 1. The first kappa shape index (κ1) is 17.3. The van der Waals surface area contributed by atoms with Gasteiger partial charge in [0, 0.05) is 30.2 Å². The highest BCUT2D eigenvalue weighted by molar-refractivity contribution is 6.02. The van der Waals surface area contributed by atoms with Crippen molar-refractivity contribution in [2.24, 2.45) is 0 Å². The van der Waals surface area contributed by atoms with Crippen molar-refractivity contribution in [1.29, 1.82) is 0 Å². The molecule has 0 bridgehead atoms. The summed E-state index contributed by atoms with van der Waals surface area (Å²) < 4.78 is 14.1. The van der Waals surface area contributed by atoms with Crippen LogP contribution in [0.4, 0.5) is 21.6 Å². The van der Waals surface area contributed by atoms with Crippen LogP contribution in [0.5, 0.6) is 0 Å². The van der Waals surface area contributed by atoms with Gasteiger partial charge in [0.25, 0.3) is 5.91 Å². The molecule has 2 heterocycles. The van der Waals surface area contributed by atoms with Crippen LogP contribution in [0.15, 0.2) is 48.9 Å². The molecule has 0 unspecified atom stereocenters. The van der Waals surface area contributed by atoms with Crippen molar-refractivity contribution < 1.29 is 9.18 Å². The van der Waals surface area contributed by atoms with Crippen LogP contribution in [0, 0.1) is 12.7 Å². The quantitative estimate of drug-likeness (QED) is 0.652. The molecule has 0 radical (unpaired) electrons. The summed E-state index contributed by atoms with van der Waals surface area (Å²) in [4.78, 5) is 24.2. The molecule has 0 aliphatic heterocycles. The van der Waals surface area contributed by atoms with Crippen LogP contribution < -0.4 is 16.4 Å². The number of hydrogen-bond donors (Lipinski definition) is 3. The van der Waals surface area contributed by atoms with Gasteiger partial charge in [0.15, 0.2) is 0 Å². The standard InChI is InChI=1S/C18H17FN6O/c1-11-8-23-16(10-22-11)18(26)25-13-4-5-14(19)12(7-13)9-24-15-3-2-6-21-17(15)20/h2-8,10,24H,9H2,1H3,(H2,20,21)(H,25,26). The zero-order chi connectivity index (χ0) is 18.5. The molecule has 0 saturated heterocycles. The molecule has 1 amide bonds. The van der Waals surface area contributed by atoms with Crippen LogP contribution in [-0.2, 0) is 6.54 Å². The average molecular weight is 352 g/mol. The van der Waals surface area contributed by atoms with Crippen LogP contribution in [-0.4, -0.2) is 20.9 Å². The number of aryl methyl sites for hydroxylation is 1. The first-order valence-electron chi connectivity index (χ1n) is 7.86. The van der Waals surface area contributed by atoms with Gasteiger partial charge in [-0.3, -0.25) is 9.78 Å². The molecule has 132 valence electrons. The first-order chi connectivity index (χ1) is 12.5. The highest BCUT2D eigenvalue weighted by atomic mass is 19.1. The summed E-state index contributed by atoms with van der Waals surface area (Å²) in [6.45, 7) is 1.97. The number of amides is 1. The molecule has 0 aliphatic rings. The number of nitrogens with two attached hydrogens (primary N) is 1. The Bertz CT molecular complexity index is 929. The van der Waals surface area contributed by atoms with Gasteiger partial charge in [-0.05, 0) is 37.3 Å². The summed E-state index contributed by atoms with van der Waals surface area (Å²) >= 11 is 0. The van der Waals surface area contributed by atoms with Gasteiger partial charge in [-0.25, -0.2) is 14.4 Å². The number of pyridine rings is 1. The Morgan fingerprint density at radius 1 is 1.19 bits per heavy atom. The maximum atomic E-state index is 14.1. The summed E-state index contributed by atoms with van der Waals surface area (Å²) in [5, 5.41) is 5.71. The molecule has 0 fully saturated rings. The molecule has 1 aromatic carbocycles. The molecule has 3 aromatic rings. The molecular formula is C18H17FN6O. The van der Waals surface area contributed by atoms with E-state index in [0.29, 0.717) is 28.5 Å². The fourth-order valence-corrected chi connectivity index (χ4v) is 2.25. The first-order valence-corrected chi connectivity index (χ1v) is 7.86. The van der Waals surface area contributed by atoms with Crippen molar-refractivity contribution in [3.05, 3.63) is 71.7 Å². The van der Waals surface area contributed by atoms with E-state index in [9.17, 15) is 9.18 Å². The Balaban J connectivity index is 1.72. The lowest BCUT2D eigenvalue weighted by Crippen LogP contribution is -2.14. The number of nitrogens with one attached hydrogen (secondary N) is 2. The normalized spacial score (nSPS) is 10.4. The van der Waals surface area contributed by atoms with Crippen LogP contribution >= 0.6 is 0 Å². The highest BCUT2D eigenvalue weighted by Crippen LogP contribution is 2.19. The maximum Gasteiger partial charge on any atom is 0.275 e. The van der Waals surface area contributed by atoms with E-state index in [2.05, 4.69) is 25.6 Å².